The minimum Gasteiger partial charge on any atom is -0.491 e. The van der Waals surface area contributed by atoms with E-state index >= 15 is 0 Å². The van der Waals surface area contributed by atoms with Gasteiger partial charge in [-0.25, -0.2) is 4.98 Å². The number of imidazole rings is 1. The summed E-state index contributed by atoms with van der Waals surface area (Å²) in [6, 6.07) is 14.3. The Hall–Kier alpha value is -3.08. The van der Waals surface area contributed by atoms with Crippen LogP contribution in [0.3, 0.4) is 0 Å². The van der Waals surface area contributed by atoms with Crippen molar-refractivity contribution in [2.75, 3.05) is 13.2 Å². The summed E-state index contributed by atoms with van der Waals surface area (Å²) in [5.74, 6) is 1.79. The van der Waals surface area contributed by atoms with Gasteiger partial charge in [-0.05, 0) is 56.2 Å². The zero-order valence-electron chi connectivity index (χ0n) is 16.7. The summed E-state index contributed by atoms with van der Waals surface area (Å²) in [6.07, 6.45) is 3.93. The SMILES string of the molecule is C/C=C/C(=O)NCCc1nc2ccccc2n1CCOc1cc(C)ccc1C. The zero-order valence-corrected chi connectivity index (χ0v) is 16.7. The fourth-order valence-corrected chi connectivity index (χ4v) is 3.18. The van der Waals surface area contributed by atoms with Crippen molar-refractivity contribution in [1.82, 2.24) is 14.9 Å². The number of carbonyl (C=O) groups excluding carboxylic acids is 1. The first-order valence-electron chi connectivity index (χ1n) is 9.63. The van der Waals surface area contributed by atoms with Crippen LogP contribution >= 0.6 is 0 Å². The van der Waals surface area contributed by atoms with E-state index in [-0.39, 0.29) is 5.91 Å². The second-order valence-corrected chi connectivity index (χ2v) is 6.83. The highest BCUT2D eigenvalue weighted by molar-refractivity contribution is 5.87. The molecule has 28 heavy (non-hydrogen) atoms. The molecule has 1 heterocycles. The van der Waals surface area contributed by atoms with Crippen LogP contribution in [-0.2, 0) is 17.8 Å². The van der Waals surface area contributed by atoms with Crippen LogP contribution in [0.15, 0.2) is 54.6 Å². The molecule has 0 bridgehead atoms. The second kappa shape index (κ2) is 9.22. The Morgan fingerprint density at radius 1 is 1.21 bits per heavy atom. The van der Waals surface area contributed by atoms with Gasteiger partial charge in [0.15, 0.2) is 0 Å². The number of ether oxygens (including phenoxy) is 1. The highest BCUT2D eigenvalue weighted by Crippen LogP contribution is 2.20. The third-order valence-electron chi connectivity index (χ3n) is 4.62. The van der Waals surface area contributed by atoms with Gasteiger partial charge in [0.25, 0.3) is 0 Å². The maximum Gasteiger partial charge on any atom is 0.243 e. The average Bonchev–Trinajstić information content (AvgIpc) is 3.02. The van der Waals surface area contributed by atoms with E-state index in [9.17, 15) is 4.79 Å². The summed E-state index contributed by atoms with van der Waals surface area (Å²) >= 11 is 0. The van der Waals surface area contributed by atoms with Crippen LogP contribution in [0.1, 0.15) is 23.9 Å². The lowest BCUT2D eigenvalue weighted by molar-refractivity contribution is -0.116. The van der Waals surface area contributed by atoms with Crippen molar-refractivity contribution in [1.29, 1.82) is 0 Å². The average molecular weight is 377 g/mol. The number of carbonyl (C=O) groups is 1. The molecule has 0 aliphatic heterocycles. The van der Waals surface area contributed by atoms with Crippen molar-refractivity contribution in [3.63, 3.8) is 0 Å². The number of fused-ring (bicyclic) bond motifs is 1. The van der Waals surface area contributed by atoms with Crippen molar-refractivity contribution in [2.45, 2.75) is 33.7 Å². The third-order valence-corrected chi connectivity index (χ3v) is 4.62. The van der Waals surface area contributed by atoms with Gasteiger partial charge in [-0.3, -0.25) is 4.79 Å². The van der Waals surface area contributed by atoms with E-state index in [1.165, 1.54) is 11.6 Å². The first-order valence-corrected chi connectivity index (χ1v) is 9.63. The summed E-state index contributed by atoms with van der Waals surface area (Å²) in [6.45, 7) is 7.75. The van der Waals surface area contributed by atoms with Gasteiger partial charge in [0.05, 0.1) is 17.6 Å². The molecule has 3 aromatic rings. The van der Waals surface area contributed by atoms with Crippen LogP contribution in [0.25, 0.3) is 11.0 Å². The van der Waals surface area contributed by atoms with Gasteiger partial charge in [-0.15, -0.1) is 0 Å². The molecule has 0 unspecified atom stereocenters. The van der Waals surface area contributed by atoms with E-state index in [1.807, 2.05) is 25.1 Å². The van der Waals surface area contributed by atoms with Crippen molar-refractivity contribution in [2.24, 2.45) is 0 Å². The smallest absolute Gasteiger partial charge is 0.243 e. The minimum atomic E-state index is -0.0802. The molecule has 3 rings (SSSR count). The van der Waals surface area contributed by atoms with Crippen molar-refractivity contribution >= 4 is 16.9 Å². The highest BCUT2D eigenvalue weighted by atomic mass is 16.5. The van der Waals surface area contributed by atoms with Gasteiger partial charge in [0.2, 0.25) is 5.91 Å². The highest BCUT2D eigenvalue weighted by Gasteiger charge is 2.11. The Bertz CT molecular complexity index is 989. The molecule has 0 atom stereocenters. The van der Waals surface area contributed by atoms with Crippen LogP contribution in [-0.4, -0.2) is 28.6 Å². The Morgan fingerprint density at radius 3 is 2.86 bits per heavy atom. The van der Waals surface area contributed by atoms with Crippen molar-refractivity contribution in [3.8, 4) is 5.75 Å². The number of rotatable bonds is 8. The number of amides is 1. The number of nitrogens with one attached hydrogen (secondary N) is 1. The van der Waals surface area contributed by atoms with Crippen LogP contribution in [0.2, 0.25) is 0 Å². The monoisotopic (exact) mass is 377 g/mol. The lowest BCUT2D eigenvalue weighted by Gasteiger charge is -2.13. The topological polar surface area (TPSA) is 56.2 Å². The largest absolute Gasteiger partial charge is 0.491 e. The Labute approximate surface area is 166 Å². The summed E-state index contributed by atoms with van der Waals surface area (Å²) in [4.78, 5) is 16.4. The maximum absolute atomic E-state index is 11.6. The molecule has 5 heteroatoms. The van der Waals surface area contributed by atoms with E-state index in [0.29, 0.717) is 26.1 Å². The second-order valence-electron chi connectivity index (χ2n) is 6.83. The number of benzene rings is 2. The van der Waals surface area contributed by atoms with Gasteiger partial charge in [0.1, 0.15) is 18.2 Å². The molecule has 0 aliphatic rings. The molecule has 0 spiro atoms. The Kier molecular flexibility index (Phi) is 6.48. The van der Waals surface area contributed by atoms with E-state index in [1.54, 1.807) is 6.08 Å². The van der Waals surface area contributed by atoms with Crippen LogP contribution < -0.4 is 10.1 Å². The molecule has 1 aromatic heterocycles. The first kappa shape index (κ1) is 19.7. The van der Waals surface area contributed by atoms with Gasteiger partial charge in [0, 0.05) is 13.0 Å². The fraction of sp³-hybridized carbons (Fsp3) is 0.304. The maximum atomic E-state index is 11.6. The van der Waals surface area contributed by atoms with Crippen molar-refractivity contribution in [3.05, 3.63) is 71.6 Å². The van der Waals surface area contributed by atoms with Crippen LogP contribution in [0.5, 0.6) is 5.75 Å². The van der Waals surface area contributed by atoms with E-state index in [0.717, 1.165) is 28.2 Å². The molecule has 0 saturated heterocycles. The number of aromatic nitrogens is 2. The minimum absolute atomic E-state index is 0.0802. The number of hydrogen-bond donors (Lipinski definition) is 1. The quantitative estimate of drug-likeness (QED) is 0.605. The first-order chi connectivity index (χ1) is 13.6. The molecule has 146 valence electrons. The number of hydrogen-bond acceptors (Lipinski definition) is 3. The molecule has 1 N–H and O–H groups in total. The molecule has 2 aromatic carbocycles. The fourth-order valence-electron chi connectivity index (χ4n) is 3.18. The summed E-state index contributed by atoms with van der Waals surface area (Å²) in [5.41, 5.74) is 4.37. The predicted molar refractivity (Wildman–Crippen MR) is 113 cm³/mol. The molecule has 0 fully saturated rings. The van der Waals surface area contributed by atoms with Crippen molar-refractivity contribution < 1.29 is 9.53 Å². The number of nitrogens with zero attached hydrogens (tertiary/aromatic N) is 2. The molecule has 5 nitrogen and oxygen atoms in total. The van der Waals surface area contributed by atoms with E-state index in [4.69, 9.17) is 9.72 Å². The zero-order chi connectivity index (χ0) is 19.9. The number of allylic oxidation sites excluding steroid dienone is 1. The molecule has 0 saturated carbocycles. The normalized spacial score (nSPS) is 11.2. The standard InChI is InChI=1S/C23H27N3O2/c1-4-7-23(27)24-13-12-22-25-19-8-5-6-9-20(19)26(22)14-15-28-21-16-17(2)10-11-18(21)3/h4-11,16H,12-15H2,1-3H3,(H,24,27)/b7-4+. The summed E-state index contributed by atoms with van der Waals surface area (Å²) < 4.78 is 8.22. The molecular formula is C23H27N3O2. The van der Waals surface area contributed by atoms with Crippen LogP contribution in [0, 0.1) is 13.8 Å². The van der Waals surface area contributed by atoms with Gasteiger partial charge < -0.3 is 14.6 Å². The predicted octanol–water partition coefficient (Wildman–Crippen LogP) is 3.97. The van der Waals surface area contributed by atoms with E-state index in [2.05, 4.69) is 48.0 Å². The number of aryl methyl sites for hydroxylation is 2. The lowest BCUT2D eigenvalue weighted by atomic mass is 10.1. The van der Waals surface area contributed by atoms with Gasteiger partial charge in [-0.2, -0.15) is 0 Å². The van der Waals surface area contributed by atoms with Crippen LogP contribution in [0.4, 0.5) is 0 Å². The van der Waals surface area contributed by atoms with Gasteiger partial charge >= 0.3 is 0 Å². The van der Waals surface area contributed by atoms with Gasteiger partial charge in [-0.1, -0.05) is 30.3 Å². The molecule has 0 radical (unpaired) electrons. The summed E-state index contributed by atoms with van der Waals surface area (Å²) in [5, 5.41) is 2.89. The Morgan fingerprint density at radius 2 is 2.04 bits per heavy atom. The Balaban J connectivity index is 1.71. The van der Waals surface area contributed by atoms with E-state index < -0.39 is 0 Å². The lowest BCUT2D eigenvalue weighted by Crippen LogP contribution is -2.24. The molecule has 0 aliphatic carbocycles. The third kappa shape index (κ3) is 4.80. The summed E-state index contributed by atoms with van der Waals surface area (Å²) in [7, 11) is 0. The number of para-hydroxylation sites is 2. The molecule has 1 amide bonds. The molecular weight excluding hydrogens is 350 g/mol.